The zero-order valence-electron chi connectivity index (χ0n) is 11.7. The number of furan rings is 1. The third-order valence-electron chi connectivity index (χ3n) is 3.06. The molecular formula is C12H19BrN2O4S. The van der Waals surface area contributed by atoms with Crippen molar-refractivity contribution in [1.82, 2.24) is 4.31 Å². The number of hydrogen-bond donors (Lipinski definition) is 1. The molecule has 0 bridgehead atoms. The second-order valence-electron chi connectivity index (χ2n) is 5.54. The maximum atomic E-state index is 12.7. The second-order valence-corrected chi connectivity index (χ2v) is 8.17. The molecule has 2 heterocycles. The number of sulfonamides is 1. The van der Waals surface area contributed by atoms with Gasteiger partial charge in [0.05, 0.1) is 18.2 Å². The van der Waals surface area contributed by atoms with Crippen LogP contribution in [0.15, 0.2) is 20.0 Å². The predicted molar refractivity (Wildman–Crippen MR) is 77.7 cm³/mol. The SMILES string of the molecule is CC1CN(S(=O)(=O)c2cc(CN)oc2Br)CC(C)(C)O1. The molecular weight excluding hydrogens is 348 g/mol. The lowest BCUT2D eigenvalue weighted by Gasteiger charge is -2.40. The molecule has 1 aliphatic heterocycles. The van der Waals surface area contributed by atoms with Crippen LogP contribution >= 0.6 is 15.9 Å². The van der Waals surface area contributed by atoms with Crippen LogP contribution in [-0.4, -0.2) is 37.5 Å². The molecule has 1 fully saturated rings. The van der Waals surface area contributed by atoms with Gasteiger partial charge < -0.3 is 14.9 Å². The summed E-state index contributed by atoms with van der Waals surface area (Å²) in [6, 6.07) is 1.46. The highest BCUT2D eigenvalue weighted by molar-refractivity contribution is 9.10. The average Bonchev–Trinajstić information content (AvgIpc) is 2.68. The van der Waals surface area contributed by atoms with Crippen molar-refractivity contribution < 1.29 is 17.6 Å². The number of hydrogen-bond acceptors (Lipinski definition) is 5. The maximum Gasteiger partial charge on any atom is 0.247 e. The Hall–Kier alpha value is -0.410. The van der Waals surface area contributed by atoms with Crippen LogP contribution in [0.1, 0.15) is 26.5 Å². The molecule has 0 aliphatic carbocycles. The molecule has 1 aromatic rings. The first-order valence-electron chi connectivity index (χ1n) is 6.32. The fourth-order valence-electron chi connectivity index (χ4n) is 2.39. The van der Waals surface area contributed by atoms with Crippen LogP contribution in [0.4, 0.5) is 0 Å². The zero-order chi connectivity index (χ0) is 15.1. The predicted octanol–water partition coefficient (Wildman–Crippen LogP) is 1.69. The summed E-state index contributed by atoms with van der Waals surface area (Å²) >= 11 is 3.14. The van der Waals surface area contributed by atoms with E-state index in [1.165, 1.54) is 10.4 Å². The van der Waals surface area contributed by atoms with Crippen LogP contribution < -0.4 is 5.73 Å². The Balaban J connectivity index is 2.36. The summed E-state index contributed by atoms with van der Waals surface area (Å²) in [6.07, 6.45) is -0.159. The van der Waals surface area contributed by atoms with Crippen molar-refractivity contribution in [3.05, 3.63) is 16.5 Å². The molecule has 0 aromatic carbocycles. The number of nitrogens with two attached hydrogens (primary N) is 1. The fourth-order valence-corrected chi connectivity index (χ4v) is 5.02. The van der Waals surface area contributed by atoms with Gasteiger partial charge in [0, 0.05) is 19.2 Å². The van der Waals surface area contributed by atoms with E-state index in [2.05, 4.69) is 15.9 Å². The van der Waals surface area contributed by atoms with Gasteiger partial charge in [-0.25, -0.2) is 8.42 Å². The lowest BCUT2D eigenvalue weighted by atomic mass is 10.1. The third-order valence-corrected chi connectivity index (χ3v) is 5.73. The van der Waals surface area contributed by atoms with Crippen molar-refractivity contribution >= 4 is 26.0 Å². The molecule has 1 unspecified atom stereocenters. The van der Waals surface area contributed by atoms with Crippen LogP contribution in [0.3, 0.4) is 0 Å². The topological polar surface area (TPSA) is 85.8 Å². The third kappa shape index (κ3) is 3.09. The summed E-state index contributed by atoms with van der Waals surface area (Å²) in [5, 5.41) is 0. The minimum Gasteiger partial charge on any atom is -0.452 e. The minimum atomic E-state index is -3.63. The van der Waals surface area contributed by atoms with E-state index in [9.17, 15) is 8.42 Å². The van der Waals surface area contributed by atoms with E-state index in [-0.39, 0.29) is 22.2 Å². The smallest absolute Gasteiger partial charge is 0.247 e. The van der Waals surface area contributed by atoms with Crippen molar-refractivity contribution in [2.45, 2.75) is 43.9 Å². The van der Waals surface area contributed by atoms with E-state index in [1.807, 2.05) is 20.8 Å². The number of rotatable bonds is 3. The van der Waals surface area contributed by atoms with Crippen molar-refractivity contribution in [2.24, 2.45) is 5.73 Å². The van der Waals surface area contributed by atoms with Gasteiger partial charge in [-0.2, -0.15) is 4.31 Å². The van der Waals surface area contributed by atoms with Gasteiger partial charge in [-0.05, 0) is 36.7 Å². The van der Waals surface area contributed by atoms with Crippen molar-refractivity contribution in [1.29, 1.82) is 0 Å². The van der Waals surface area contributed by atoms with Gasteiger partial charge in [-0.15, -0.1) is 0 Å². The Morgan fingerprint density at radius 2 is 2.20 bits per heavy atom. The molecule has 1 saturated heterocycles. The van der Waals surface area contributed by atoms with Crippen LogP contribution in [0.25, 0.3) is 0 Å². The van der Waals surface area contributed by atoms with Gasteiger partial charge in [0.2, 0.25) is 10.0 Å². The summed E-state index contributed by atoms with van der Waals surface area (Å²) in [5.74, 6) is 0.427. The van der Waals surface area contributed by atoms with E-state index in [4.69, 9.17) is 14.9 Å². The van der Waals surface area contributed by atoms with Gasteiger partial charge in [0.15, 0.2) is 4.67 Å². The first kappa shape index (κ1) is 16.0. The summed E-state index contributed by atoms with van der Waals surface area (Å²) in [4.78, 5) is 0.114. The van der Waals surface area contributed by atoms with Gasteiger partial charge in [-0.1, -0.05) is 0 Å². The number of ether oxygens (including phenoxy) is 1. The summed E-state index contributed by atoms with van der Waals surface area (Å²) in [5.41, 5.74) is 4.96. The standard InChI is InChI=1S/C12H19BrN2O4S/c1-8-6-15(7-12(2,3)19-8)20(16,17)10-4-9(5-14)18-11(10)13/h4,8H,5-7,14H2,1-3H3. The molecule has 1 aliphatic rings. The van der Waals surface area contributed by atoms with Crippen molar-refractivity contribution in [2.75, 3.05) is 13.1 Å². The minimum absolute atomic E-state index is 0.114. The van der Waals surface area contributed by atoms with Gasteiger partial charge in [-0.3, -0.25) is 0 Å². The van der Waals surface area contributed by atoms with Gasteiger partial charge in [0.25, 0.3) is 0 Å². The maximum absolute atomic E-state index is 12.7. The van der Waals surface area contributed by atoms with Gasteiger partial charge >= 0.3 is 0 Å². The Kier molecular flexibility index (Phi) is 4.32. The Labute approximate surface area is 127 Å². The molecule has 20 heavy (non-hydrogen) atoms. The molecule has 114 valence electrons. The molecule has 1 aromatic heterocycles. The lowest BCUT2D eigenvalue weighted by molar-refractivity contribution is -0.109. The van der Waals surface area contributed by atoms with Crippen LogP contribution in [0.2, 0.25) is 0 Å². The Morgan fingerprint density at radius 3 is 2.70 bits per heavy atom. The van der Waals surface area contributed by atoms with E-state index in [0.717, 1.165) is 0 Å². The van der Waals surface area contributed by atoms with Crippen molar-refractivity contribution in [3.63, 3.8) is 0 Å². The van der Waals surface area contributed by atoms with Crippen LogP contribution in [-0.2, 0) is 21.3 Å². The highest BCUT2D eigenvalue weighted by Gasteiger charge is 2.39. The number of halogens is 1. The van der Waals surface area contributed by atoms with Crippen LogP contribution in [0.5, 0.6) is 0 Å². The van der Waals surface area contributed by atoms with E-state index in [0.29, 0.717) is 18.8 Å². The zero-order valence-corrected chi connectivity index (χ0v) is 14.1. The molecule has 0 saturated carbocycles. The Morgan fingerprint density at radius 1 is 1.55 bits per heavy atom. The van der Waals surface area contributed by atoms with E-state index >= 15 is 0 Å². The highest BCUT2D eigenvalue weighted by Crippen LogP contribution is 2.32. The largest absolute Gasteiger partial charge is 0.452 e. The molecule has 0 spiro atoms. The lowest BCUT2D eigenvalue weighted by Crippen LogP contribution is -2.53. The van der Waals surface area contributed by atoms with Crippen molar-refractivity contribution in [3.8, 4) is 0 Å². The molecule has 1 atom stereocenters. The van der Waals surface area contributed by atoms with E-state index in [1.54, 1.807) is 0 Å². The monoisotopic (exact) mass is 366 g/mol. The number of morpholine rings is 1. The molecule has 2 rings (SSSR count). The quantitative estimate of drug-likeness (QED) is 0.879. The molecule has 8 heteroatoms. The average molecular weight is 367 g/mol. The Bertz CT molecular complexity index is 597. The molecule has 2 N–H and O–H groups in total. The van der Waals surface area contributed by atoms with E-state index < -0.39 is 15.6 Å². The van der Waals surface area contributed by atoms with Gasteiger partial charge in [0.1, 0.15) is 10.7 Å². The summed E-state index contributed by atoms with van der Waals surface area (Å²) < 4.78 is 38.0. The molecule has 6 nitrogen and oxygen atoms in total. The first-order chi connectivity index (χ1) is 9.15. The first-order valence-corrected chi connectivity index (χ1v) is 8.55. The number of nitrogens with zero attached hydrogens (tertiary/aromatic N) is 1. The summed E-state index contributed by atoms with van der Waals surface area (Å²) in [6.45, 7) is 6.39. The highest BCUT2D eigenvalue weighted by atomic mass is 79.9. The molecule has 0 radical (unpaired) electrons. The normalized spacial score (nSPS) is 23.9. The molecule has 0 amide bonds. The summed E-state index contributed by atoms with van der Waals surface area (Å²) in [7, 11) is -3.63. The van der Waals surface area contributed by atoms with Crippen LogP contribution in [0, 0.1) is 0 Å². The second kappa shape index (κ2) is 5.42. The fraction of sp³-hybridized carbons (Fsp3) is 0.667.